The molecule has 3 amide bonds. The third-order valence-electron chi connectivity index (χ3n) is 4.41. The minimum Gasteiger partial charge on any atom is -0.366 e. The van der Waals surface area contributed by atoms with E-state index < -0.39 is 0 Å². The van der Waals surface area contributed by atoms with Gasteiger partial charge in [0.05, 0.1) is 24.4 Å². The van der Waals surface area contributed by atoms with E-state index in [0.717, 1.165) is 25.1 Å². The lowest BCUT2D eigenvalue weighted by Gasteiger charge is -2.40. The fourth-order valence-electron chi connectivity index (χ4n) is 3.10. The molecule has 1 saturated carbocycles. The summed E-state index contributed by atoms with van der Waals surface area (Å²) in [7, 11) is 0. The summed E-state index contributed by atoms with van der Waals surface area (Å²) < 4.78 is 7.37. The lowest BCUT2D eigenvalue weighted by molar-refractivity contribution is -0.139. The van der Waals surface area contributed by atoms with Crippen molar-refractivity contribution in [3.63, 3.8) is 0 Å². The average Bonchev–Trinajstić information content (AvgIpc) is 3.26. The highest BCUT2D eigenvalue weighted by Crippen LogP contribution is 2.36. The van der Waals surface area contributed by atoms with E-state index in [9.17, 15) is 9.59 Å². The van der Waals surface area contributed by atoms with Gasteiger partial charge in [0, 0.05) is 19.2 Å². The molecule has 22 heavy (non-hydrogen) atoms. The largest absolute Gasteiger partial charge is 0.366 e. The van der Waals surface area contributed by atoms with Gasteiger partial charge in [-0.05, 0) is 19.3 Å². The van der Waals surface area contributed by atoms with E-state index in [1.165, 1.54) is 0 Å². The number of likely N-dealkylation sites (tertiary alicyclic amines) is 1. The van der Waals surface area contributed by atoms with Crippen molar-refractivity contribution in [1.29, 1.82) is 0 Å². The molecule has 1 aromatic heterocycles. The highest BCUT2D eigenvalue weighted by atomic mass is 16.5. The van der Waals surface area contributed by atoms with Gasteiger partial charge in [-0.3, -0.25) is 10.1 Å². The molecule has 0 aromatic carbocycles. The average molecular weight is 305 g/mol. The van der Waals surface area contributed by atoms with Crippen LogP contribution < -0.4 is 10.6 Å². The molecule has 0 radical (unpaired) electrons. The first kappa shape index (κ1) is 13.6. The number of carbonyl (C=O) groups excluding carboxylic acids is 2. The number of rotatable bonds is 2. The molecular weight excluding hydrogens is 286 g/mol. The molecule has 2 aliphatic heterocycles. The lowest BCUT2D eigenvalue weighted by Crippen LogP contribution is -2.61. The maximum atomic E-state index is 12.4. The molecule has 0 unspecified atom stereocenters. The summed E-state index contributed by atoms with van der Waals surface area (Å²) in [5, 5.41) is 10.1. The molecule has 118 valence electrons. The molecule has 1 aromatic rings. The Morgan fingerprint density at radius 1 is 1.41 bits per heavy atom. The number of urea groups is 1. The number of fused-ring (bicyclic) bond motifs is 1. The quantitative estimate of drug-likeness (QED) is 0.824. The van der Waals surface area contributed by atoms with Crippen molar-refractivity contribution in [2.45, 2.75) is 37.5 Å². The highest BCUT2D eigenvalue weighted by Gasteiger charge is 2.36. The molecule has 8 nitrogen and oxygen atoms in total. The molecule has 3 aliphatic rings. The fraction of sp³-hybridized carbons (Fsp3) is 0.643. The van der Waals surface area contributed by atoms with Crippen LogP contribution in [-0.2, 0) is 9.53 Å². The van der Waals surface area contributed by atoms with Crippen LogP contribution in [0, 0.1) is 0 Å². The van der Waals surface area contributed by atoms with Crippen molar-refractivity contribution in [2.75, 3.05) is 25.0 Å². The number of nitrogens with one attached hydrogen (secondary N) is 2. The van der Waals surface area contributed by atoms with E-state index >= 15 is 0 Å². The predicted molar refractivity (Wildman–Crippen MR) is 77.4 cm³/mol. The van der Waals surface area contributed by atoms with Crippen LogP contribution in [0.5, 0.6) is 0 Å². The minimum absolute atomic E-state index is 0.0127. The van der Waals surface area contributed by atoms with E-state index in [1.807, 2.05) is 10.7 Å². The molecule has 0 bridgehead atoms. The molecule has 8 heteroatoms. The number of ether oxygens (including phenoxy) is 1. The van der Waals surface area contributed by atoms with Gasteiger partial charge < -0.3 is 15.0 Å². The number of morpholine rings is 1. The molecule has 3 fully saturated rings. The Kier molecular flexibility index (Phi) is 3.25. The normalized spacial score (nSPS) is 28.0. The van der Waals surface area contributed by atoms with E-state index in [0.29, 0.717) is 19.1 Å². The molecule has 3 heterocycles. The number of piperidine rings is 1. The van der Waals surface area contributed by atoms with Crippen LogP contribution in [0.3, 0.4) is 0 Å². The lowest BCUT2D eigenvalue weighted by atomic mass is 10.0. The van der Waals surface area contributed by atoms with Crippen LogP contribution in [0.4, 0.5) is 10.6 Å². The summed E-state index contributed by atoms with van der Waals surface area (Å²) in [5.41, 5.74) is 0. The zero-order valence-corrected chi connectivity index (χ0v) is 12.2. The van der Waals surface area contributed by atoms with E-state index in [2.05, 4.69) is 15.7 Å². The maximum Gasteiger partial charge on any atom is 0.323 e. The summed E-state index contributed by atoms with van der Waals surface area (Å²) in [6.07, 6.45) is 4.68. The number of amides is 3. The SMILES string of the molecule is O=C1CO[C@H]2CCN(C(=O)Nc3ccnn3C3CC3)C[C@@H]2N1. The summed E-state index contributed by atoms with van der Waals surface area (Å²) in [4.78, 5) is 25.6. The van der Waals surface area contributed by atoms with Gasteiger partial charge in [0.1, 0.15) is 12.4 Å². The smallest absolute Gasteiger partial charge is 0.323 e. The Bertz CT molecular complexity index is 597. The van der Waals surface area contributed by atoms with Gasteiger partial charge in [0.2, 0.25) is 5.91 Å². The van der Waals surface area contributed by atoms with Gasteiger partial charge in [-0.15, -0.1) is 0 Å². The zero-order valence-electron chi connectivity index (χ0n) is 12.2. The van der Waals surface area contributed by atoms with Crippen molar-refractivity contribution in [2.24, 2.45) is 0 Å². The Hall–Kier alpha value is -2.09. The first-order valence-corrected chi connectivity index (χ1v) is 7.71. The molecule has 2 saturated heterocycles. The van der Waals surface area contributed by atoms with Crippen LogP contribution in [-0.4, -0.2) is 58.5 Å². The summed E-state index contributed by atoms with van der Waals surface area (Å²) in [5.74, 6) is 0.619. The molecule has 2 N–H and O–H groups in total. The van der Waals surface area contributed by atoms with Crippen molar-refractivity contribution in [3.8, 4) is 0 Å². The van der Waals surface area contributed by atoms with Crippen LogP contribution >= 0.6 is 0 Å². The summed E-state index contributed by atoms with van der Waals surface area (Å²) in [6, 6.07) is 1.96. The Labute approximate surface area is 127 Å². The fourth-order valence-corrected chi connectivity index (χ4v) is 3.10. The van der Waals surface area contributed by atoms with Gasteiger partial charge in [-0.2, -0.15) is 5.10 Å². The van der Waals surface area contributed by atoms with Crippen molar-refractivity contribution < 1.29 is 14.3 Å². The van der Waals surface area contributed by atoms with Gasteiger partial charge in [-0.1, -0.05) is 0 Å². The third kappa shape index (κ3) is 2.54. The van der Waals surface area contributed by atoms with Crippen LogP contribution in [0.15, 0.2) is 12.3 Å². The van der Waals surface area contributed by atoms with Gasteiger partial charge >= 0.3 is 6.03 Å². The number of aromatic nitrogens is 2. The minimum atomic E-state index is -0.152. The van der Waals surface area contributed by atoms with Gasteiger partial charge in [-0.25, -0.2) is 9.48 Å². The van der Waals surface area contributed by atoms with Crippen molar-refractivity contribution in [3.05, 3.63) is 12.3 Å². The van der Waals surface area contributed by atoms with Crippen LogP contribution in [0.1, 0.15) is 25.3 Å². The van der Waals surface area contributed by atoms with Crippen LogP contribution in [0.2, 0.25) is 0 Å². The Morgan fingerprint density at radius 3 is 3.09 bits per heavy atom. The van der Waals surface area contributed by atoms with Gasteiger partial charge in [0.15, 0.2) is 0 Å². The molecule has 4 rings (SSSR count). The third-order valence-corrected chi connectivity index (χ3v) is 4.41. The van der Waals surface area contributed by atoms with E-state index in [1.54, 1.807) is 11.1 Å². The second-order valence-electron chi connectivity index (χ2n) is 6.08. The summed E-state index contributed by atoms with van der Waals surface area (Å²) >= 11 is 0. The molecule has 2 atom stereocenters. The monoisotopic (exact) mass is 305 g/mol. The number of nitrogens with zero attached hydrogens (tertiary/aromatic N) is 3. The number of hydrogen-bond acceptors (Lipinski definition) is 4. The molecule has 1 aliphatic carbocycles. The van der Waals surface area contributed by atoms with Gasteiger partial charge in [0.25, 0.3) is 0 Å². The second-order valence-corrected chi connectivity index (χ2v) is 6.08. The summed E-state index contributed by atoms with van der Waals surface area (Å²) in [6.45, 7) is 1.22. The number of anilines is 1. The van der Waals surface area contributed by atoms with E-state index in [4.69, 9.17) is 4.74 Å². The molecular formula is C14H19N5O3. The standard InChI is InChI=1S/C14H19N5O3/c20-13-8-22-11-4-6-18(7-10(11)16-13)14(21)17-12-3-5-15-19(12)9-1-2-9/h3,5,9-11H,1-2,4,6-8H2,(H,16,20)(H,17,21)/t10-,11-/m0/s1. The first-order valence-electron chi connectivity index (χ1n) is 7.71. The Morgan fingerprint density at radius 2 is 2.27 bits per heavy atom. The van der Waals surface area contributed by atoms with E-state index in [-0.39, 0.29) is 30.7 Å². The number of carbonyl (C=O) groups is 2. The van der Waals surface area contributed by atoms with Crippen LogP contribution in [0.25, 0.3) is 0 Å². The van der Waals surface area contributed by atoms with Crippen molar-refractivity contribution in [1.82, 2.24) is 20.0 Å². The molecule has 0 spiro atoms. The second kappa shape index (κ2) is 5.28. The first-order chi connectivity index (χ1) is 10.7. The topological polar surface area (TPSA) is 88.5 Å². The highest BCUT2D eigenvalue weighted by molar-refractivity contribution is 5.88. The Balaban J connectivity index is 1.40. The van der Waals surface area contributed by atoms with Crippen molar-refractivity contribution >= 4 is 17.8 Å². The zero-order chi connectivity index (χ0) is 15.1. The number of hydrogen-bond donors (Lipinski definition) is 2. The predicted octanol–water partition coefficient (Wildman–Crippen LogP) is 0.339. The maximum absolute atomic E-state index is 12.4.